The minimum atomic E-state index is -3.88. The molecule has 0 atom stereocenters. The number of nitriles is 2. The predicted molar refractivity (Wildman–Crippen MR) is 273 cm³/mol. The van der Waals surface area contributed by atoms with Gasteiger partial charge >= 0.3 is 0 Å². The minimum absolute atomic E-state index is 0.0479. The van der Waals surface area contributed by atoms with Crippen LogP contribution in [-0.2, 0) is 20.0 Å². The molecule has 70 heavy (non-hydrogen) atoms. The molecule has 0 radical (unpaired) electrons. The molecule has 7 N–H and O–H groups in total. The van der Waals surface area contributed by atoms with Crippen LogP contribution < -0.4 is 21.3 Å². The lowest BCUT2D eigenvalue weighted by Crippen LogP contribution is -2.40. The minimum Gasteiger partial charge on any atom is -0.366 e. The molecule has 0 aromatic heterocycles. The van der Waals surface area contributed by atoms with Crippen LogP contribution in [0.1, 0.15) is 52.6 Å². The van der Waals surface area contributed by atoms with E-state index in [1.807, 2.05) is 48.5 Å². The summed E-state index contributed by atoms with van der Waals surface area (Å²) < 4.78 is 52.9. The topological polar surface area (TPSA) is 240 Å². The number of hydrogen-bond acceptors (Lipinski definition) is 8. The van der Waals surface area contributed by atoms with E-state index in [0.29, 0.717) is 50.1 Å². The van der Waals surface area contributed by atoms with E-state index >= 15 is 0 Å². The summed E-state index contributed by atoms with van der Waals surface area (Å²) in [5.74, 6) is -1.11. The van der Waals surface area contributed by atoms with E-state index < -0.39 is 37.4 Å². The number of benzene rings is 8. The number of nitrogens with two attached hydrogens (primary N) is 3. The van der Waals surface area contributed by atoms with E-state index in [4.69, 9.17) is 27.1 Å². The summed E-state index contributed by atoms with van der Waals surface area (Å²) in [5, 5.41) is 23.6. The van der Waals surface area contributed by atoms with Gasteiger partial charge in [0, 0.05) is 38.9 Å². The van der Waals surface area contributed by atoms with Crippen molar-refractivity contribution in [3.63, 3.8) is 0 Å². The molecule has 0 heterocycles. The molecular weight excluding hydrogens is 917 g/mol. The molecule has 0 saturated heterocycles. The average molecular weight is 963 g/mol. The lowest BCUT2D eigenvalue weighted by molar-refractivity contribution is 0.0992. The summed E-state index contributed by atoms with van der Waals surface area (Å²) in [5.41, 5.74) is 21.1. The zero-order valence-electron chi connectivity index (χ0n) is 38.2. The van der Waals surface area contributed by atoms with Crippen molar-refractivity contribution < 1.29 is 26.4 Å². The Morgan fingerprint density at radius 2 is 0.757 bits per heavy atom. The van der Waals surface area contributed by atoms with Gasteiger partial charge in [-0.2, -0.15) is 10.5 Å². The van der Waals surface area contributed by atoms with E-state index in [-0.39, 0.29) is 9.79 Å². The average Bonchev–Trinajstić information content (AvgIpc) is 3.35. The first-order chi connectivity index (χ1) is 33.3. The van der Waals surface area contributed by atoms with Gasteiger partial charge in [-0.05, 0) is 114 Å². The number of primary sulfonamides is 1. The molecule has 0 saturated carbocycles. The van der Waals surface area contributed by atoms with Crippen molar-refractivity contribution in [1.29, 1.82) is 10.5 Å². The summed E-state index contributed by atoms with van der Waals surface area (Å²) in [6.07, 6.45) is 0. The molecule has 8 aromatic rings. The van der Waals surface area contributed by atoms with Crippen molar-refractivity contribution in [3.8, 4) is 78.9 Å². The maximum absolute atomic E-state index is 13.1. The number of amides is 2. The van der Waals surface area contributed by atoms with Gasteiger partial charge in [0.1, 0.15) is 0 Å². The maximum atomic E-state index is 13.1. The molecule has 0 spiro atoms. The fourth-order valence-electron chi connectivity index (χ4n) is 8.05. The summed E-state index contributed by atoms with van der Waals surface area (Å²) >= 11 is 0. The van der Waals surface area contributed by atoms with Crippen molar-refractivity contribution in [1.82, 2.24) is 4.72 Å². The number of carbonyl (C=O) groups excluding carboxylic acids is 2. The highest BCUT2D eigenvalue weighted by Gasteiger charge is 2.25. The largest absolute Gasteiger partial charge is 0.366 e. The van der Waals surface area contributed by atoms with Crippen molar-refractivity contribution in [2.24, 2.45) is 16.6 Å². The molecular formula is C56H46N6O6S2. The molecule has 0 aliphatic rings. The normalized spacial score (nSPS) is 11.3. The second-order valence-corrected chi connectivity index (χ2v) is 20.3. The zero-order valence-corrected chi connectivity index (χ0v) is 39.8. The van der Waals surface area contributed by atoms with Crippen LogP contribution in [0.15, 0.2) is 192 Å². The van der Waals surface area contributed by atoms with Gasteiger partial charge in [0.2, 0.25) is 31.9 Å². The third-order valence-corrected chi connectivity index (χ3v) is 13.9. The highest BCUT2D eigenvalue weighted by molar-refractivity contribution is 7.89. The molecule has 0 aliphatic carbocycles. The fourth-order valence-corrected chi connectivity index (χ4v) is 10.5. The maximum Gasteiger partial charge on any atom is 0.249 e. The molecule has 14 heteroatoms. The fraction of sp³-hybridized carbons (Fsp3) is 0.0714. The van der Waals surface area contributed by atoms with Crippen molar-refractivity contribution in [3.05, 3.63) is 204 Å². The van der Waals surface area contributed by atoms with E-state index in [9.17, 15) is 26.4 Å². The standard InChI is InChI=1S/C30H27N3O3S.C26H19N3O3S/c1-30(2,3)33-37(35,36)27-10-5-4-7-24(27)21-15-17-22(18-16-21)25-8-6-9-26(29(32)34)28(25)23-13-11-20(19-31)12-14-23;27-16-17-8-10-20(11-9-17)25-22(5-3-6-23(25)26(28)30)19-14-12-18(13-15-19)21-4-1-2-7-24(21)33(29,31)32/h4-18,33H,1-3H3,(H2,32,34);1-15H,(H2,28,30)(H2,29,31,32). The van der Waals surface area contributed by atoms with Crippen LogP contribution in [0.3, 0.4) is 0 Å². The second-order valence-electron chi connectivity index (χ2n) is 17.1. The van der Waals surface area contributed by atoms with E-state index in [0.717, 1.165) is 38.9 Å². The van der Waals surface area contributed by atoms with Gasteiger partial charge in [-0.1, -0.05) is 133 Å². The Morgan fingerprint density at radius 1 is 0.443 bits per heavy atom. The molecule has 2 amide bonds. The Bertz CT molecular complexity index is 3590. The van der Waals surface area contributed by atoms with Crippen LogP contribution in [0.4, 0.5) is 0 Å². The summed E-state index contributed by atoms with van der Waals surface area (Å²) in [6, 6.07) is 57.0. The van der Waals surface area contributed by atoms with E-state index in [2.05, 4.69) is 16.9 Å². The molecule has 8 rings (SSSR count). The Balaban J connectivity index is 0.000000208. The van der Waals surface area contributed by atoms with Crippen LogP contribution in [-0.4, -0.2) is 34.2 Å². The summed E-state index contributed by atoms with van der Waals surface area (Å²) in [6.45, 7) is 5.40. The Hall–Kier alpha value is -8.50. The lowest BCUT2D eigenvalue weighted by atomic mass is 9.89. The van der Waals surface area contributed by atoms with Gasteiger partial charge < -0.3 is 11.5 Å². The third-order valence-electron chi connectivity index (χ3n) is 11.1. The summed E-state index contributed by atoms with van der Waals surface area (Å²) in [4.78, 5) is 24.7. The van der Waals surface area contributed by atoms with Crippen LogP contribution in [0, 0.1) is 22.7 Å². The van der Waals surface area contributed by atoms with Crippen molar-refractivity contribution in [2.45, 2.75) is 36.1 Å². The van der Waals surface area contributed by atoms with Gasteiger partial charge in [0.15, 0.2) is 0 Å². The van der Waals surface area contributed by atoms with Gasteiger partial charge in [-0.3, -0.25) is 9.59 Å². The SMILES string of the molecule is CC(C)(C)NS(=O)(=O)c1ccccc1-c1ccc(-c2cccc(C(N)=O)c2-c2ccc(C#N)cc2)cc1.N#Cc1ccc(-c2c(C(N)=O)cccc2-c2ccc(-c3ccccc3S(N)(=O)=O)cc2)cc1. The molecule has 0 fully saturated rings. The van der Waals surface area contributed by atoms with E-state index in [1.165, 1.54) is 6.07 Å². The van der Waals surface area contributed by atoms with Crippen LogP contribution in [0.2, 0.25) is 0 Å². The Labute approximate surface area is 407 Å². The number of primary amides is 2. The number of carbonyl (C=O) groups is 2. The smallest absolute Gasteiger partial charge is 0.249 e. The second kappa shape index (κ2) is 20.4. The Kier molecular flexibility index (Phi) is 14.4. The molecule has 8 aromatic carbocycles. The first kappa shape index (κ1) is 49.4. The van der Waals surface area contributed by atoms with Gasteiger partial charge in [-0.15, -0.1) is 0 Å². The van der Waals surface area contributed by atoms with Crippen molar-refractivity contribution >= 4 is 31.9 Å². The van der Waals surface area contributed by atoms with Crippen molar-refractivity contribution in [2.75, 3.05) is 0 Å². The Morgan fingerprint density at radius 3 is 1.10 bits per heavy atom. The van der Waals surface area contributed by atoms with Crippen LogP contribution in [0.25, 0.3) is 66.8 Å². The van der Waals surface area contributed by atoms with Crippen LogP contribution in [0.5, 0.6) is 0 Å². The molecule has 0 unspecified atom stereocenters. The molecule has 0 aliphatic heterocycles. The third kappa shape index (κ3) is 11.1. The zero-order chi connectivity index (χ0) is 50.4. The highest BCUT2D eigenvalue weighted by Crippen LogP contribution is 2.39. The number of hydrogen-bond donors (Lipinski definition) is 4. The highest BCUT2D eigenvalue weighted by atomic mass is 32.2. The number of rotatable bonds is 11. The lowest BCUT2D eigenvalue weighted by Gasteiger charge is -2.21. The first-order valence-electron chi connectivity index (χ1n) is 21.6. The van der Waals surface area contributed by atoms with Gasteiger partial charge in [0.25, 0.3) is 0 Å². The van der Waals surface area contributed by atoms with Crippen LogP contribution >= 0.6 is 0 Å². The van der Waals surface area contributed by atoms with Gasteiger partial charge in [0.05, 0.1) is 33.1 Å². The summed E-state index contributed by atoms with van der Waals surface area (Å²) in [7, 11) is -7.63. The first-order valence-corrected chi connectivity index (χ1v) is 24.7. The molecule has 12 nitrogen and oxygen atoms in total. The number of nitrogens with zero attached hydrogens (tertiary/aromatic N) is 2. The number of nitrogens with one attached hydrogen (secondary N) is 1. The predicted octanol–water partition coefficient (Wildman–Crippen LogP) is 10.0. The quantitative estimate of drug-likeness (QED) is 0.0970. The van der Waals surface area contributed by atoms with Gasteiger partial charge in [-0.25, -0.2) is 26.7 Å². The molecule has 0 bridgehead atoms. The monoisotopic (exact) mass is 962 g/mol. The van der Waals surface area contributed by atoms with E-state index in [1.54, 1.807) is 148 Å². The molecule has 348 valence electrons. The number of sulfonamides is 2.